The Morgan fingerprint density at radius 2 is 2.00 bits per heavy atom. The van der Waals surface area contributed by atoms with E-state index in [-0.39, 0.29) is 19.0 Å². The summed E-state index contributed by atoms with van der Waals surface area (Å²) in [6, 6.07) is 3.33. The maximum absolute atomic E-state index is 11.9. The summed E-state index contributed by atoms with van der Waals surface area (Å²) in [7, 11) is 0. The molecule has 0 bridgehead atoms. The number of pyridine rings is 1. The average Bonchev–Trinajstić information content (AvgIpc) is 2.59. The van der Waals surface area contributed by atoms with E-state index in [1.807, 2.05) is 0 Å². The van der Waals surface area contributed by atoms with Gasteiger partial charge in [-0.3, -0.25) is 4.79 Å². The van der Waals surface area contributed by atoms with Crippen molar-refractivity contribution in [1.29, 1.82) is 0 Å². The minimum absolute atomic E-state index is 0.163. The molecule has 2 rings (SSSR count). The highest BCUT2D eigenvalue weighted by Gasteiger charge is 2.32. The number of likely N-dealkylation sites (tertiary alicyclic amines) is 1. The van der Waals surface area contributed by atoms with Gasteiger partial charge in [-0.15, -0.1) is 0 Å². The van der Waals surface area contributed by atoms with Crippen molar-refractivity contribution in [3.8, 4) is 0 Å². The summed E-state index contributed by atoms with van der Waals surface area (Å²) in [4.78, 5) is 17.3. The van der Waals surface area contributed by atoms with Gasteiger partial charge in [0, 0.05) is 19.3 Å². The Balaban J connectivity index is 2.11. The van der Waals surface area contributed by atoms with Crippen LogP contribution < -0.4 is 0 Å². The normalized spacial score (nSPS) is 24.8. The largest absolute Gasteiger partial charge is 0.388 e. The number of rotatable bonds is 1. The van der Waals surface area contributed by atoms with E-state index < -0.39 is 12.2 Å². The first-order valence-corrected chi connectivity index (χ1v) is 5.64. The number of hydrogen-bond acceptors (Lipinski definition) is 4. The van der Waals surface area contributed by atoms with Gasteiger partial charge in [0.1, 0.15) is 4.60 Å². The van der Waals surface area contributed by atoms with Crippen molar-refractivity contribution in [2.45, 2.75) is 12.2 Å². The van der Waals surface area contributed by atoms with E-state index in [4.69, 9.17) is 0 Å². The zero-order valence-electron chi connectivity index (χ0n) is 8.38. The van der Waals surface area contributed by atoms with E-state index in [2.05, 4.69) is 20.9 Å². The molecule has 1 aliphatic heterocycles. The number of carbonyl (C=O) groups excluding carboxylic acids is 1. The van der Waals surface area contributed by atoms with Crippen LogP contribution in [-0.2, 0) is 0 Å². The van der Waals surface area contributed by atoms with Crippen molar-refractivity contribution < 1.29 is 15.0 Å². The molecule has 2 heterocycles. The summed E-state index contributed by atoms with van der Waals surface area (Å²) in [6.45, 7) is 0.326. The number of aromatic nitrogens is 1. The number of aliphatic hydroxyl groups is 2. The Morgan fingerprint density at radius 3 is 2.50 bits per heavy atom. The maximum Gasteiger partial charge on any atom is 0.255 e. The van der Waals surface area contributed by atoms with Crippen LogP contribution in [0.3, 0.4) is 0 Å². The molecule has 1 aromatic heterocycles. The molecule has 6 heteroatoms. The van der Waals surface area contributed by atoms with Crippen LogP contribution >= 0.6 is 15.9 Å². The lowest BCUT2D eigenvalue weighted by molar-refractivity contribution is 0.0572. The molecule has 1 fully saturated rings. The van der Waals surface area contributed by atoms with Crippen molar-refractivity contribution in [2.75, 3.05) is 13.1 Å². The fraction of sp³-hybridized carbons (Fsp3) is 0.400. The van der Waals surface area contributed by atoms with Crippen LogP contribution in [0.5, 0.6) is 0 Å². The lowest BCUT2D eigenvalue weighted by atomic mass is 10.2. The van der Waals surface area contributed by atoms with Crippen molar-refractivity contribution in [1.82, 2.24) is 9.88 Å². The first-order chi connectivity index (χ1) is 7.58. The number of carbonyl (C=O) groups is 1. The van der Waals surface area contributed by atoms with Crippen molar-refractivity contribution in [3.63, 3.8) is 0 Å². The smallest absolute Gasteiger partial charge is 0.255 e. The van der Waals surface area contributed by atoms with Gasteiger partial charge in [-0.25, -0.2) is 4.98 Å². The van der Waals surface area contributed by atoms with E-state index in [9.17, 15) is 15.0 Å². The van der Waals surface area contributed by atoms with E-state index >= 15 is 0 Å². The van der Waals surface area contributed by atoms with Gasteiger partial charge in [-0.1, -0.05) is 0 Å². The first-order valence-electron chi connectivity index (χ1n) is 4.85. The van der Waals surface area contributed by atoms with Gasteiger partial charge in [0.05, 0.1) is 17.8 Å². The topological polar surface area (TPSA) is 73.7 Å². The van der Waals surface area contributed by atoms with Gasteiger partial charge in [0.2, 0.25) is 0 Å². The van der Waals surface area contributed by atoms with Crippen molar-refractivity contribution >= 4 is 21.8 Å². The lowest BCUT2D eigenvalue weighted by Crippen LogP contribution is -2.29. The molecule has 0 radical (unpaired) electrons. The van der Waals surface area contributed by atoms with E-state index in [1.165, 1.54) is 11.1 Å². The number of nitrogens with zero attached hydrogens (tertiary/aromatic N) is 2. The Labute approximate surface area is 101 Å². The highest BCUT2D eigenvalue weighted by Crippen LogP contribution is 2.14. The molecule has 1 aromatic rings. The predicted molar refractivity (Wildman–Crippen MR) is 59.9 cm³/mol. The molecule has 2 atom stereocenters. The van der Waals surface area contributed by atoms with Crippen LogP contribution in [0, 0.1) is 0 Å². The van der Waals surface area contributed by atoms with Gasteiger partial charge in [0.25, 0.3) is 5.91 Å². The predicted octanol–water partition coefficient (Wildman–Crippen LogP) is 0.0217. The average molecular weight is 287 g/mol. The zero-order valence-corrected chi connectivity index (χ0v) is 9.96. The molecule has 86 valence electrons. The van der Waals surface area contributed by atoms with Gasteiger partial charge in [-0.05, 0) is 28.1 Å². The number of hydrogen-bond donors (Lipinski definition) is 2. The number of halogens is 1. The number of β-amino-alcohol motifs (C(OH)–C–C–N with tert-alkyl or cyclic N) is 2. The molecular formula is C10H11BrN2O3. The molecule has 16 heavy (non-hydrogen) atoms. The summed E-state index contributed by atoms with van der Waals surface area (Å²) >= 11 is 3.18. The fourth-order valence-corrected chi connectivity index (χ4v) is 1.85. The Bertz CT molecular complexity index is 386. The minimum Gasteiger partial charge on any atom is -0.388 e. The molecule has 0 spiro atoms. The van der Waals surface area contributed by atoms with Crippen LogP contribution in [0.2, 0.25) is 0 Å². The molecule has 1 saturated heterocycles. The molecule has 0 aliphatic carbocycles. The monoisotopic (exact) mass is 286 g/mol. The first kappa shape index (κ1) is 11.5. The van der Waals surface area contributed by atoms with E-state index in [0.29, 0.717) is 10.2 Å². The van der Waals surface area contributed by atoms with Crippen molar-refractivity contribution in [3.05, 3.63) is 28.5 Å². The van der Waals surface area contributed by atoms with Gasteiger partial charge < -0.3 is 15.1 Å². The minimum atomic E-state index is -0.854. The number of amides is 1. The van der Waals surface area contributed by atoms with Gasteiger partial charge >= 0.3 is 0 Å². The Hall–Kier alpha value is -0.980. The third-order valence-corrected chi connectivity index (χ3v) is 2.99. The maximum atomic E-state index is 11.9. The van der Waals surface area contributed by atoms with Crippen LogP contribution in [0.4, 0.5) is 0 Å². The van der Waals surface area contributed by atoms with Crippen LogP contribution in [0.15, 0.2) is 22.9 Å². The van der Waals surface area contributed by atoms with Crippen LogP contribution in [0.25, 0.3) is 0 Å². The second kappa shape index (κ2) is 4.48. The highest BCUT2D eigenvalue weighted by molar-refractivity contribution is 9.10. The van der Waals surface area contributed by atoms with Crippen molar-refractivity contribution in [2.24, 2.45) is 0 Å². The summed E-state index contributed by atoms with van der Waals surface area (Å²) in [5, 5.41) is 18.7. The quantitative estimate of drug-likeness (QED) is 0.714. The zero-order chi connectivity index (χ0) is 11.7. The molecular weight excluding hydrogens is 276 g/mol. The Morgan fingerprint density at radius 1 is 1.38 bits per heavy atom. The summed E-state index contributed by atoms with van der Waals surface area (Å²) in [5.74, 6) is -0.226. The SMILES string of the molecule is O=C(c1ccc(Br)nc1)N1CC(O)C(O)C1. The second-order valence-corrected chi connectivity index (χ2v) is 4.53. The fourth-order valence-electron chi connectivity index (χ4n) is 1.62. The molecule has 2 N–H and O–H groups in total. The van der Waals surface area contributed by atoms with Gasteiger partial charge in [0.15, 0.2) is 0 Å². The number of aliphatic hydroxyl groups excluding tert-OH is 2. The van der Waals surface area contributed by atoms with Crippen LogP contribution in [-0.4, -0.2) is 51.3 Å². The molecule has 0 saturated carbocycles. The van der Waals surface area contributed by atoms with E-state index in [1.54, 1.807) is 12.1 Å². The standard InChI is InChI=1S/C10H11BrN2O3/c11-9-2-1-6(3-12-9)10(16)13-4-7(14)8(15)5-13/h1-3,7-8,14-15H,4-5H2. The molecule has 0 aromatic carbocycles. The molecule has 1 amide bonds. The van der Waals surface area contributed by atoms with E-state index in [0.717, 1.165) is 0 Å². The second-order valence-electron chi connectivity index (χ2n) is 3.71. The van der Waals surface area contributed by atoms with Gasteiger partial charge in [-0.2, -0.15) is 0 Å². The van der Waals surface area contributed by atoms with Crippen LogP contribution in [0.1, 0.15) is 10.4 Å². The third-order valence-electron chi connectivity index (χ3n) is 2.52. The third kappa shape index (κ3) is 2.23. The molecule has 2 unspecified atom stereocenters. The highest BCUT2D eigenvalue weighted by atomic mass is 79.9. The Kier molecular flexibility index (Phi) is 3.22. The lowest BCUT2D eigenvalue weighted by Gasteiger charge is -2.14. The molecule has 1 aliphatic rings. The summed E-state index contributed by atoms with van der Waals surface area (Å²) < 4.78 is 0.658. The summed E-state index contributed by atoms with van der Waals surface area (Å²) in [5.41, 5.74) is 0.449. The molecule has 5 nitrogen and oxygen atoms in total. The summed E-state index contributed by atoms with van der Waals surface area (Å²) in [6.07, 6.45) is -0.247.